The van der Waals surface area contributed by atoms with Gasteiger partial charge < -0.3 is 10.2 Å². The highest BCUT2D eigenvalue weighted by molar-refractivity contribution is 5.96. The highest BCUT2D eigenvalue weighted by Crippen LogP contribution is 2.17. The van der Waals surface area contributed by atoms with E-state index in [1.54, 1.807) is 0 Å². The molecule has 1 saturated carbocycles. The maximum Gasteiger partial charge on any atom is 0.321 e. The Bertz CT molecular complexity index is 359. The second kappa shape index (κ2) is 7.78. The lowest BCUT2D eigenvalue weighted by atomic mass is 9.96. The molecule has 21 heavy (non-hydrogen) atoms. The molecule has 0 radical (unpaired) electrons. The van der Waals surface area contributed by atoms with E-state index in [1.807, 2.05) is 6.92 Å². The number of amides is 3. The number of nitrogens with one attached hydrogen (secondary N) is 3. The van der Waals surface area contributed by atoms with Crippen molar-refractivity contribution in [2.75, 3.05) is 13.1 Å². The van der Waals surface area contributed by atoms with Gasteiger partial charge in [-0.3, -0.25) is 10.1 Å². The van der Waals surface area contributed by atoms with Crippen LogP contribution < -0.4 is 15.5 Å². The highest BCUT2D eigenvalue weighted by Gasteiger charge is 2.29. The molecule has 1 saturated heterocycles. The molecule has 2 fully saturated rings. The van der Waals surface area contributed by atoms with Crippen molar-refractivity contribution in [3.05, 3.63) is 0 Å². The summed E-state index contributed by atoms with van der Waals surface area (Å²) in [7, 11) is 0. The Morgan fingerprint density at radius 1 is 1.05 bits per heavy atom. The minimum atomic E-state index is -0.316. The van der Waals surface area contributed by atoms with Gasteiger partial charge in [-0.1, -0.05) is 26.2 Å². The van der Waals surface area contributed by atoms with Gasteiger partial charge in [-0.2, -0.15) is 0 Å². The van der Waals surface area contributed by atoms with Gasteiger partial charge in [-0.25, -0.2) is 4.79 Å². The van der Waals surface area contributed by atoms with Crippen molar-refractivity contribution in [1.29, 1.82) is 0 Å². The number of hydrogen-bond donors (Lipinski definition) is 3. The van der Waals surface area contributed by atoms with E-state index in [2.05, 4.69) is 17.6 Å². The summed E-state index contributed by atoms with van der Waals surface area (Å²) in [5, 5.41) is 5.46. The zero-order valence-electron chi connectivity index (χ0n) is 13.4. The van der Waals surface area contributed by atoms with Crippen LogP contribution in [0.1, 0.15) is 58.8 Å². The number of rotatable bonds is 3. The predicted octanol–water partition coefficient (Wildman–Crippen LogP) is 0.848. The SMILES string of the molecule is CC1CC[NH+]([C@@H](C)C(=O)NC(=O)NC2CCCCC2)CC1. The standard InChI is InChI=1S/C16H29N3O2/c1-12-8-10-19(11-9-12)13(2)15(20)18-16(21)17-14-6-4-3-5-7-14/h12-14H,3-11H2,1-2H3,(H2,17,18,20,21)/p+1/t13-/m0/s1. The summed E-state index contributed by atoms with van der Waals surface area (Å²) in [6.45, 7) is 6.24. The van der Waals surface area contributed by atoms with Crippen LogP contribution in [0.5, 0.6) is 0 Å². The third-order valence-electron chi connectivity index (χ3n) is 5.10. The number of carbonyl (C=O) groups is 2. The lowest BCUT2D eigenvalue weighted by Gasteiger charge is -2.31. The zero-order chi connectivity index (χ0) is 15.2. The van der Waals surface area contributed by atoms with Crippen LogP contribution in [-0.2, 0) is 4.79 Å². The summed E-state index contributed by atoms with van der Waals surface area (Å²) in [6, 6.07) is -0.219. The fraction of sp³-hybridized carbons (Fsp3) is 0.875. The number of likely N-dealkylation sites (tertiary alicyclic amines) is 1. The highest BCUT2D eigenvalue weighted by atomic mass is 16.2. The topological polar surface area (TPSA) is 62.6 Å². The molecule has 1 aliphatic carbocycles. The average Bonchev–Trinajstić information content (AvgIpc) is 2.48. The number of imide groups is 1. The van der Waals surface area contributed by atoms with Gasteiger partial charge in [-0.15, -0.1) is 0 Å². The Morgan fingerprint density at radius 2 is 1.67 bits per heavy atom. The van der Waals surface area contributed by atoms with E-state index in [4.69, 9.17) is 0 Å². The minimum absolute atomic E-state index is 0.144. The molecule has 5 heteroatoms. The quantitative estimate of drug-likeness (QED) is 0.723. The molecule has 0 aromatic carbocycles. The summed E-state index contributed by atoms with van der Waals surface area (Å²) in [5.74, 6) is 0.617. The van der Waals surface area contributed by atoms with Crippen molar-refractivity contribution in [2.24, 2.45) is 5.92 Å². The summed E-state index contributed by atoms with van der Waals surface area (Å²) >= 11 is 0. The van der Waals surface area contributed by atoms with Gasteiger partial charge in [-0.05, 0) is 38.5 Å². The Kier molecular flexibility index (Phi) is 6.03. The molecule has 1 heterocycles. The molecule has 2 rings (SSSR count). The Hall–Kier alpha value is -1.10. The Balaban J connectivity index is 1.73. The molecule has 0 spiro atoms. The van der Waals surface area contributed by atoms with E-state index in [9.17, 15) is 9.59 Å². The molecular weight excluding hydrogens is 266 g/mol. The molecule has 5 nitrogen and oxygen atoms in total. The van der Waals surface area contributed by atoms with E-state index in [0.29, 0.717) is 0 Å². The van der Waals surface area contributed by atoms with E-state index in [1.165, 1.54) is 37.0 Å². The van der Waals surface area contributed by atoms with Gasteiger partial charge in [0.25, 0.3) is 5.91 Å². The zero-order valence-corrected chi connectivity index (χ0v) is 13.4. The normalized spacial score (nSPS) is 28.7. The number of urea groups is 1. The van der Waals surface area contributed by atoms with Gasteiger partial charge in [0.15, 0.2) is 6.04 Å². The number of piperidine rings is 1. The van der Waals surface area contributed by atoms with Crippen molar-refractivity contribution >= 4 is 11.9 Å². The van der Waals surface area contributed by atoms with Crippen LogP contribution in [0.15, 0.2) is 0 Å². The molecule has 3 amide bonds. The van der Waals surface area contributed by atoms with E-state index in [-0.39, 0.29) is 24.0 Å². The average molecular weight is 296 g/mol. The van der Waals surface area contributed by atoms with Crippen LogP contribution in [-0.4, -0.2) is 37.1 Å². The first kappa shape index (κ1) is 16.3. The van der Waals surface area contributed by atoms with E-state index < -0.39 is 0 Å². The maximum absolute atomic E-state index is 12.2. The summed E-state index contributed by atoms with van der Waals surface area (Å²) in [4.78, 5) is 25.4. The molecule has 120 valence electrons. The van der Waals surface area contributed by atoms with Crippen molar-refractivity contribution in [2.45, 2.75) is 70.9 Å². The van der Waals surface area contributed by atoms with Crippen molar-refractivity contribution in [3.63, 3.8) is 0 Å². The summed E-state index contributed by atoms with van der Waals surface area (Å²) < 4.78 is 0. The minimum Gasteiger partial charge on any atom is -0.335 e. The van der Waals surface area contributed by atoms with Crippen LogP contribution in [0.25, 0.3) is 0 Å². The molecule has 3 N–H and O–H groups in total. The van der Waals surface area contributed by atoms with E-state index in [0.717, 1.165) is 31.8 Å². The third kappa shape index (κ3) is 4.99. The van der Waals surface area contributed by atoms with Gasteiger partial charge in [0, 0.05) is 6.04 Å². The molecule has 1 atom stereocenters. The van der Waals surface area contributed by atoms with Crippen LogP contribution in [0, 0.1) is 5.92 Å². The van der Waals surface area contributed by atoms with Gasteiger partial charge in [0.1, 0.15) is 0 Å². The van der Waals surface area contributed by atoms with Gasteiger partial charge in [0.2, 0.25) is 0 Å². The fourth-order valence-corrected chi connectivity index (χ4v) is 3.44. The van der Waals surface area contributed by atoms with Gasteiger partial charge in [0.05, 0.1) is 13.1 Å². The fourth-order valence-electron chi connectivity index (χ4n) is 3.44. The lowest BCUT2D eigenvalue weighted by molar-refractivity contribution is -0.920. The van der Waals surface area contributed by atoms with Crippen LogP contribution in [0.2, 0.25) is 0 Å². The van der Waals surface area contributed by atoms with Crippen molar-refractivity contribution < 1.29 is 14.5 Å². The number of carbonyl (C=O) groups excluding carboxylic acids is 2. The molecule has 2 aliphatic rings. The number of quaternary nitrogens is 1. The Labute approximate surface area is 127 Å². The van der Waals surface area contributed by atoms with E-state index >= 15 is 0 Å². The molecule has 0 aromatic rings. The Morgan fingerprint density at radius 3 is 2.29 bits per heavy atom. The molecule has 0 aromatic heterocycles. The smallest absolute Gasteiger partial charge is 0.321 e. The maximum atomic E-state index is 12.2. The first-order valence-electron chi connectivity index (χ1n) is 8.52. The predicted molar refractivity (Wildman–Crippen MR) is 82.1 cm³/mol. The number of hydrogen-bond acceptors (Lipinski definition) is 2. The second-order valence-electron chi connectivity index (χ2n) is 6.86. The summed E-state index contributed by atoms with van der Waals surface area (Å²) in [6.07, 6.45) is 8.00. The largest absolute Gasteiger partial charge is 0.335 e. The lowest BCUT2D eigenvalue weighted by Crippen LogP contribution is -3.17. The second-order valence-corrected chi connectivity index (χ2v) is 6.86. The first-order chi connectivity index (χ1) is 10.1. The summed E-state index contributed by atoms with van der Waals surface area (Å²) in [5.41, 5.74) is 0. The molecular formula is C16H30N3O2+. The molecule has 1 aliphatic heterocycles. The van der Waals surface area contributed by atoms with Crippen molar-refractivity contribution in [1.82, 2.24) is 10.6 Å². The molecule has 0 bridgehead atoms. The monoisotopic (exact) mass is 296 g/mol. The third-order valence-corrected chi connectivity index (χ3v) is 5.10. The van der Waals surface area contributed by atoms with Crippen LogP contribution in [0.4, 0.5) is 4.79 Å². The van der Waals surface area contributed by atoms with Gasteiger partial charge >= 0.3 is 6.03 Å². The van der Waals surface area contributed by atoms with Crippen LogP contribution in [0.3, 0.4) is 0 Å². The van der Waals surface area contributed by atoms with Crippen LogP contribution >= 0.6 is 0 Å². The first-order valence-corrected chi connectivity index (χ1v) is 8.52. The molecule has 0 unspecified atom stereocenters. The van der Waals surface area contributed by atoms with Crippen molar-refractivity contribution in [3.8, 4) is 0 Å².